The van der Waals surface area contributed by atoms with Crippen molar-refractivity contribution >= 4 is 5.91 Å². The summed E-state index contributed by atoms with van der Waals surface area (Å²) in [7, 11) is 1.73. The topological polar surface area (TPSA) is 38.3 Å². The molecule has 2 rings (SSSR count). The molecule has 0 bridgehead atoms. The molecular formula is C16H23NO2. The van der Waals surface area contributed by atoms with Crippen LogP contribution in [0.3, 0.4) is 0 Å². The van der Waals surface area contributed by atoms with E-state index >= 15 is 0 Å². The molecule has 3 heteroatoms. The minimum absolute atomic E-state index is 0.0974. The van der Waals surface area contributed by atoms with Crippen molar-refractivity contribution in [2.45, 2.75) is 50.7 Å². The third-order valence-corrected chi connectivity index (χ3v) is 4.03. The molecule has 19 heavy (non-hydrogen) atoms. The van der Waals surface area contributed by atoms with Crippen molar-refractivity contribution in [2.24, 2.45) is 0 Å². The van der Waals surface area contributed by atoms with Crippen LogP contribution in [0.5, 0.6) is 0 Å². The van der Waals surface area contributed by atoms with E-state index in [-0.39, 0.29) is 24.0 Å². The van der Waals surface area contributed by atoms with Crippen LogP contribution in [0.1, 0.15) is 44.1 Å². The lowest BCUT2D eigenvalue weighted by molar-refractivity contribution is -0.124. The first-order chi connectivity index (χ1) is 9.22. The molecule has 0 aromatic heterocycles. The first-order valence-electron chi connectivity index (χ1n) is 7.10. The number of hydrogen-bond donors (Lipinski definition) is 1. The largest absolute Gasteiger partial charge is 0.379 e. The van der Waals surface area contributed by atoms with E-state index in [2.05, 4.69) is 5.32 Å². The van der Waals surface area contributed by atoms with Gasteiger partial charge in [0.1, 0.15) is 0 Å². The number of carbonyl (C=O) groups excluding carboxylic acids is 1. The number of carbonyl (C=O) groups is 1. The van der Waals surface area contributed by atoms with Crippen LogP contribution in [0.4, 0.5) is 0 Å². The van der Waals surface area contributed by atoms with E-state index in [4.69, 9.17) is 4.74 Å². The highest BCUT2D eigenvalue weighted by molar-refractivity contribution is 5.83. The Kier molecular flexibility index (Phi) is 4.97. The van der Waals surface area contributed by atoms with Gasteiger partial charge >= 0.3 is 0 Å². The number of methoxy groups -OCH3 is 1. The van der Waals surface area contributed by atoms with Gasteiger partial charge < -0.3 is 10.1 Å². The van der Waals surface area contributed by atoms with Gasteiger partial charge in [-0.3, -0.25) is 4.79 Å². The van der Waals surface area contributed by atoms with Crippen LogP contribution in [0.2, 0.25) is 0 Å². The fourth-order valence-electron chi connectivity index (χ4n) is 2.74. The maximum Gasteiger partial charge on any atom is 0.227 e. The molecule has 0 heterocycles. The van der Waals surface area contributed by atoms with E-state index in [0.29, 0.717) is 0 Å². The molecular weight excluding hydrogens is 238 g/mol. The van der Waals surface area contributed by atoms with Crippen LogP contribution in [-0.4, -0.2) is 25.2 Å². The Balaban J connectivity index is 1.96. The zero-order valence-electron chi connectivity index (χ0n) is 11.8. The van der Waals surface area contributed by atoms with Crippen molar-refractivity contribution in [3.63, 3.8) is 0 Å². The van der Waals surface area contributed by atoms with Crippen LogP contribution >= 0.6 is 0 Å². The van der Waals surface area contributed by atoms with Crippen molar-refractivity contribution in [3.05, 3.63) is 35.9 Å². The highest BCUT2D eigenvalue weighted by Crippen LogP contribution is 2.22. The van der Waals surface area contributed by atoms with Gasteiger partial charge in [0.15, 0.2) is 0 Å². The van der Waals surface area contributed by atoms with E-state index in [1.807, 2.05) is 37.3 Å². The molecule has 0 spiro atoms. The maximum atomic E-state index is 12.3. The van der Waals surface area contributed by atoms with Gasteiger partial charge in [0, 0.05) is 7.11 Å². The van der Waals surface area contributed by atoms with Crippen molar-refractivity contribution in [3.8, 4) is 0 Å². The van der Waals surface area contributed by atoms with E-state index in [0.717, 1.165) is 18.4 Å². The highest BCUT2D eigenvalue weighted by Gasteiger charge is 2.27. The number of nitrogens with one attached hydrogen (secondary N) is 1. The third kappa shape index (κ3) is 3.57. The molecule has 0 unspecified atom stereocenters. The summed E-state index contributed by atoms with van der Waals surface area (Å²) < 4.78 is 5.48. The van der Waals surface area contributed by atoms with Crippen LogP contribution in [0.15, 0.2) is 30.3 Å². The average Bonchev–Trinajstić information content (AvgIpc) is 2.48. The summed E-state index contributed by atoms with van der Waals surface area (Å²) in [4.78, 5) is 12.3. The average molecular weight is 261 g/mol. The van der Waals surface area contributed by atoms with Crippen molar-refractivity contribution in [2.75, 3.05) is 7.11 Å². The molecule has 1 aromatic rings. The fraction of sp³-hybridized carbons (Fsp3) is 0.562. The summed E-state index contributed by atoms with van der Waals surface area (Å²) in [5, 5.41) is 3.15. The summed E-state index contributed by atoms with van der Waals surface area (Å²) in [6.45, 7) is 1.95. The molecule has 0 aliphatic heterocycles. The standard InChI is InChI=1S/C16H23NO2/c1-12(13-8-4-3-5-9-13)16(18)17-14-10-6-7-11-15(14)19-2/h3-5,8-9,12,14-15H,6-7,10-11H2,1-2H3,(H,17,18)/t12-,14-,15+/m0/s1. The van der Waals surface area contributed by atoms with Gasteiger partial charge in [-0.15, -0.1) is 0 Å². The Morgan fingerprint density at radius 3 is 2.63 bits per heavy atom. The number of hydrogen-bond acceptors (Lipinski definition) is 2. The van der Waals surface area contributed by atoms with Crippen LogP contribution in [0, 0.1) is 0 Å². The fourth-order valence-corrected chi connectivity index (χ4v) is 2.74. The second-order valence-corrected chi connectivity index (χ2v) is 5.31. The van der Waals surface area contributed by atoms with Gasteiger partial charge in [-0.05, 0) is 25.3 Å². The predicted octanol–water partition coefficient (Wildman–Crippen LogP) is 2.86. The van der Waals surface area contributed by atoms with Gasteiger partial charge in [-0.25, -0.2) is 0 Å². The molecule has 0 saturated heterocycles. The second kappa shape index (κ2) is 6.71. The molecule has 1 aliphatic carbocycles. The van der Waals surface area contributed by atoms with Gasteiger partial charge in [0.25, 0.3) is 0 Å². The zero-order valence-corrected chi connectivity index (χ0v) is 11.8. The minimum atomic E-state index is -0.111. The van der Waals surface area contributed by atoms with E-state index in [1.54, 1.807) is 7.11 Å². The predicted molar refractivity (Wildman–Crippen MR) is 76.1 cm³/mol. The van der Waals surface area contributed by atoms with Gasteiger partial charge in [0.2, 0.25) is 5.91 Å². The maximum absolute atomic E-state index is 12.3. The van der Waals surface area contributed by atoms with Crippen molar-refractivity contribution in [1.29, 1.82) is 0 Å². The molecule has 104 valence electrons. The molecule has 1 saturated carbocycles. The molecule has 3 atom stereocenters. The summed E-state index contributed by atoms with van der Waals surface area (Å²) in [6, 6.07) is 10.1. The van der Waals surface area contributed by atoms with E-state index in [9.17, 15) is 4.79 Å². The zero-order chi connectivity index (χ0) is 13.7. The molecule has 1 N–H and O–H groups in total. The summed E-state index contributed by atoms with van der Waals surface area (Å²) in [5.74, 6) is -0.0132. The smallest absolute Gasteiger partial charge is 0.227 e. The summed E-state index contributed by atoms with van der Waals surface area (Å²) >= 11 is 0. The SMILES string of the molecule is CO[C@@H]1CCCC[C@@H]1NC(=O)[C@@H](C)c1ccccc1. The van der Waals surface area contributed by atoms with Crippen molar-refractivity contribution in [1.82, 2.24) is 5.32 Å². The lowest BCUT2D eigenvalue weighted by Gasteiger charge is -2.31. The van der Waals surface area contributed by atoms with Crippen LogP contribution < -0.4 is 5.32 Å². The third-order valence-electron chi connectivity index (χ3n) is 4.03. The Labute approximate surface area is 115 Å². The molecule has 1 fully saturated rings. The molecule has 0 radical (unpaired) electrons. The lowest BCUT2D eigenvalue weighted by Crippen LogP contribution is -2.47. The van der Waals surface area contributed by atoms with Gasteiger partial charge in [0.05, 0.1) is 18.1 Å². The monoisotopic (exact) mass is 261 g/mol. The Bertz CT molecular complexity index is 404. The number of amides is 1. The Morgan fingerprint density at radius 1 is 1.26 bits per heavy atom. The molecule has 1 amide bonds. The Hall–Kier alpha value is -1.35. The summed E-state index contributed by atoms with van der Waals surface area (Å²) in [6.07, 6.45) is 4.59. The number of rotatable bonds is 4. The minimum Gasteiger partial charge on any atom is -0.379 e. The first kappa shape index (κ1) is 14.1. The number of benzene rings is 1. The van der Waals surface area contributed by atoms with E-state index < -0.39 is 0 Å². The van der Waals surface area contributed by atoms with Gasteiger partial charge in [-0.1, -0.05) is 43.2 Å². The first-order valence-corrected chi connectivity index (χ1v) is 7.10. The van der Waals surface area contributed by atoms with Crippen LogP contribution in [-0.2, 0) is 9.53 Å². The molecule has 3 nitrogen and oxygen atoms in total. The normalized spacial score (nSPS) is 24.7. The Morgan fingerprint density at radius 2 is 1.95 bits per heavy atom. The molecule has 1 aromatic carbocycles. The van der Waals surface area contributed by atoms with Crippen LogP contribution in [0.25, 0.3) is 0 Å². The summed E-state index contributed by atoms with van der Waals surface area (Å²) in [5.41, 5.74) is 1.06. The molecule has 1 aliphatic rings. The highest BCUT2D eigenvalue weighted by atomic mass is 16.5. The van der Waals surface area contributed by atoms with Crippen molar-refractivity contribution < 1.29 is 9.53 Å². The lowest BCUT2D eigenvalue weighted by atomic mass is 9.91. The second-order valence-electron chi connectivity index (χ2n) is 5.31. The van der Waals surface area contributed by atoms with Gasteiger partial charge in [-0.2, -0.15) is 0 Å². The number of ether oxygens (including phenoxy) is 1. The quantitative estimate of drug-likeness (QED) is 0.905. The van der Waals surface area contributed by atoms with E-state index in [1.165, 1.54) is 12.8 Å².